The Morgan fingerprint density at radius 2 is 1.51 bits per heavy atom. The highest BCUT2D eigenvalue weighted by atomic mass is 16.5. The van der Waals surface area contributed by atoms with Crippen molar-refractivity contribution in [3.63, 3.8) is 0 Å². The van der Waals surface area contributed by atoms with E-state index in [-0.39, 0.29) is 69.8 Å². The summed E-state index contributed by atoms with van der Waals surface area (Å²) in [4.78, 5) is 68.5. The van der Waals surface area contributed by atoms with E-state index in [4.69, 9.17) is 15.2 Å². The molecule has 1 saturated heterocycles. The molecule has 3 aromatic rings. The zero-order valence-corrected chi connectivity index (χ0v) is 24.5. The maximum Gasteiger partial charge on any atom is 0.437 e. The lowest BCUT2D eigenvalue weighted by Gasteiger charge is -2.34. The molecule has 0 aliphatic carbocycles. The number of nitrogens with one attached hydrogen (secondary N) is 2. The highest BCUT2D eigenvalue weighted by Crippen LogP contribution is 2.12. The monoisotopic (exact) mass is 614 g/mol. The second-order valence-corrected chi connectivity index (χ2v) is 10.0. The van der Waals surface area contributed by atoms with Crippen LogP contribution >= 0.6 is 0 Å². The van der Waals surface area contributed by atoms with Gasteiger partial charge in [0.2, 0.25) is 17.8 Å². The molecular formula is C32H34N6O7. The second-order valence-electron chi connectivity index (χ2n) is 10.0. The smallest absolute Gasteiger partial charge is 0.437 e. The first kappa shape index (κ1) is 32.2. The van der Waals surface area contributed by atoms with E-state index in [0.29, 0.717) is 5.69 Å². The molecule has 13 nitrogen and oxygen atoms in total. The second kappa shape index (κ2) is 16.2. The number of aliphatic imine (C=N–C) groups is 1. The number of ether oxygens (including phenoxy) is 2. The van der Waals surface area contributed by atoms with Crippen LogP contribution in [0.5, 0.6) is 0 Å². The van der Waals surface area contributed by atoms with Gasteiger partial charge in [0.1, 0.15) is 13.2 Å². The number of esters is 1. The normalized spacial score (nSPS) is 13.2. The molecule has 0 atom stereocenters. The first-order valence-corrected chi connectivity index (χ1v) is 14.2. The summed E-state index contributed by atoms with van der Waals surface area (Å²) in [6.45, 7) is 0.339. The third kappa shape index (κ3) is 10.5. The first-order chi connectivity index (χ1) is 21.8. The number of anilines is 1. The van der Waals surface area contributed by atoms with Gasteiger partial charge in [-0.3, -0.25) is 19.2 Å². The van der Waals surface area contributed by atoms with Crippen LogP contribution in [0.25, 0.3) is 0 Å². The molecule has 1 aliphatic rings. The van der Waals surface area contributed by atoms with Crippen LogP contribution in [0.1, 0.15) is 27.9 Å². The zero-order chi connectivity index (χ0) is 32.0. The van der Waals surface area contributed by atoms with Crippen LogP contribution in [0.4, 0.5) is 10.5 Å². The average molecular weight is 615 g/mol. The number of nitrogens with two attached hydrogens (primary N) is 1. The fraction of sp³-hybridized carbons (Fsp3) is 0.250. The van der Waals surface area contributed by atoms with E-state index in [1.165, 1.54) is 15.9 Å². The molecule has 4 amide bonds. The van der Waals surface area contributed by atoms with Gasteiger partial charge < -0.3 is 35.6 Å². The Labute approximate surface area is 260 Å². The molecule has 0 radical (unpaired) electrons. The van der Waals surface area contributed by atoms with Gasteiger partial charge in [0.05, 0.1) is 19.5 Å². The summed E-state index contributed by atoms with van der Waals surface area (Å²) in [6, 6.07) is 24.7. The van der Waals surface area contributed by atoms with Crippen LogP contribution in [-0.2, 0) is 37.1 Å². The fourth-order valence-corrected chi connectivity index (χ4v) is 4.29. The van der Waals surface area contributed by atoms with E-state index in [1.807, 2.05) is 48.5 Å². The van der Waals surface area contributed by atoms with Crippen LogP contribution in [0.15, 0.2) is 89.9 Å². The van der Waals surface area contributed by atoms with E-state index in [1.54, 1.807) is 30.3 Å². The Hall–Kier alpha value is -5.72. The molecule has 0 aromatic heterocycles. The molecule has 0 unspecified atom stereocenters. The van der Waals surface area contributed by atoms with E-state index in [2.05, 4.69) is 15.6 Å². The quantitative estimate of drug-likeness (QED) is 0.166. The topological polar surface area (TPSA) is 173 Å². The molecule has 4 rings (SSSR count). The number of carbonyl (C=O) groups excluding carboxylic acids is 5. The number of nitrogens with zero attached hydrogens (tertiary/aromatic N) is 3. The van der Waals surface area contributed by atoms with Gasteiger partial charge in [0.15, 0.2) is 0 Å². The number of benzene rings is 3. The third-order valence-corrected chi connectivity index (χ3v) is 6.65. The Balaban J connectivity index is 1.17. The van der Waals surface area contributed by atoms with Gasteiger partial charge in [-0.15, -0.1) is 4.99 Å². The maximum absolute atomic E-state index is 12.7. The molecule has 3 aromatic carbocycles. The zero-order valence-electron chi connectivity index (χ0n) is 24.5. The van der Waals surface area contributed by atoms with E-state index >= 15 is 0 Å². The Bertz CT molecular complexity index is 1530. The standard InChI is InChI=1S/C32H34N6O7/c33-31(36-32(43)45-22-24-10-5-2-6-11-24)38-17-16-37(28(40)20-38)19-27(39)35-26-13-7-12-25(18-26)30(42)34-15-14-29(41)44-21-23-8-3-1-4-9-23/h1-13,18H,14-17,19-22H2,(H,34,42)(H,35,39)(H2,33,36,43). The summed E-state index contributed by atoms with van der Waals surface area (Å²) in [5.74, 6) is -1.84. The minimum atomic E-state index is -0.872. The van der Waals surface area contributed by atoms with Crippen molar-refractivity contribution in [1.29, 1.82) is 0 Å². The van der Waals surface area contributed by atoms with Gasteiger partial charge in [0.25, 0.3) is 5.91 Å². The van der Waals surface area contributed by atoms with Gasteiger partial charge in [-0.2, -0.15) is 0 Å². The van der Waals surface area contributed by atoms with Crippen molar-refractivity contribution in [3.05, 3.63) is 102 Å². The molecule has 1 fully saturated rings. The van der Waals surface area contributed by atoms with Gasteiger partial charge in [0, 0.05) is 30.9 Å². The molecule has 45 heavy (non-hydrogen) atoms. The number of piperazine rings is 1. The minimum Gasteiger partial charge on any atom is -0.461 e. The molecule has 4 N–H and O–H groups in total. The van der Waals surface area contributed by atoms with Gasteiger partial charge in [-0.25, -0.2) is 4.79 Å². The van der Waals surface area contributed by atoms with Crippen LogP contribution < -0.4 is 16.4 Å². The van der Waals surface area contributed by atoms with Crippen LogP contribution in [-0.4, -0.2) is 78.3 Å². The minimum absolute atomic E-state index is 0.00609. The van der Waals surface area contributed by atoms with Crippen LogP contribution in [0.3, 0.4) is 0 Å². The predicted octanol–water partition coefficient (Wildman–Crippen LogP) is 2.28. The summed E-state index contributed by atoms with van der Waals surface area (Å²) in [5, 5.41) is 5.35. The molecule has 0 saturated carbocycles. The highest BCUT2D eigenvalue weighted by molar-refractivity contribution is 5.99. The number of guanidine groups is 1. The number of hydrogen-bond acceptors (Lipinski definition) is 7. The Kier molecular flexibility index (Phi) is 11.6. The maximum atomic E-state index is 12.7. The van der Waals surface area contributed by atoms with Gasteiger partial charge >= 0.3 is 12.1 Å². The molecule has 1 aliphatic heterocycles. The largest absolute Gasteiger partial charge is 0.461 e. The molecular weight excluding hydrogens is 580 g/mol. The number of amides is 4. The molecule has 234 valence electrons. The Morgan fingerprint density at radius 1 is 0.844 bits per heavy atom. The van der Waals surface area contributed by atoms with Crippen molar-refractivity contribution in [1.82, 2.24) is 15.1 Å². The summed E-state index contributed by atoms with van der Waals surface area (Å²) in [7, 11) is 0. The van der Waals surface area contributed by atoms with E-state index in [0.717, 1.165) is 11.1 Å². The van der Waals surface area contributed by atoms with Crippen molar-refractivity contribution < 1.29 is 33.4 Å². The lowest BCUT2D eigenvalue weighted by atomic mass is 10.2. The van der Waals surface area contributed by atoms with Gasteiger partial charge in [-0.1, -0.05) is 66.7 Å². The molecule has 0 spiro atoms. The first-order valence-electron chi connectivity index (χ1n) is 14.2. The number of rotatable bonds is 11. The van der Waals surface area contributed by atoms with Crippen LogP contribution in [0, 0.1) is 0 Å². The summed E-state index contributed by atoms with van der Waals surface area (Å²) in [5.41, 5.74) is 8.24. The fourth-order valence-electron chi connectivity index (χ4n) is 4.29. The summed E-state index contributed by atoms with van der Waals surface area (Å²) >= 11 is 0. The molecule has 0 bridgehead atoms. The number of hydrogen-bond donors (Lipinski definition) is 3. The molecule has 1 heterocycles. The average Bonchev–Trinajstić information content (AvgIpc) is 3.04. The van der Waals surface area contributed by atoms with Gasteiger partial charge in [-0.05, 0) is 29.3 Å². The number of carbonyl (C=O) groups is 5. The van der Waals surface area contributed by atoms with Crippen molar-refractivity contribution in [2.75, 3.05) is 38.0 Å². The highest BCUT2D eigenvalue weighted by Gasteiger charge is 2.27. The lowest BCUT2D eigenvalue weighted by molar-refractivity contribution is -0.144. The van der Waals surface area contributed by atoms with Crippen molar-refractivity contribution in [2.45, 2.75) is 19.6 Å². The molecule has 13 heteroatoms. The third-order valence-electron chi connectivity index (χ3n) is 6.65. The van der Waals surface area contributed by atoms with Crippen molar-refractivity contribution in [3.8, 4) is 0 Å². The SMILES string of the molecule is NC(=NC(=O)OCc1ccccc1)N1CCN(CC(=O)Nc2cccc(C(=O)NCCC(=O)OCc3ccccc3)c2)C(=O)C1. The Morgan fingerprint density at radius 3 is 2.18 bits per heavy atom. The van der Waals surface area contributed by atoms with E-state index < -0.39 is 23.9 Å². The van der Waals surface area contributed by atoms with Crippen molar-refractivity contribution in [2.24, 2.45) is 10.7 Å². The van der Waals surface area contributed by atoms with E-state index in [9.17, 15) is 24.0 Å². The lowest BCUT2D eigenvalue weighted by Crippen LogP contribution is -2.55. The van der Waals surface area contributed by atoms with Crippen molar-refractivity contribution >= 4 is 41.4 Å². The summed E-state index contributed by atoms with van der Waals surface area (Å²) < 4.78 is 10.3. The predicted molar refractivity (Wildman–Crippen MR) is 165 cm³/mol. The van der Waals surface area contributed by atoms with Crippen LogP contribution in [0.2, 0.25) is 0 Å². The summed E-state index contributed by atoms with van der Waals surface area (Å²) in [6.07, 6.45) is -0.866.